The van der Waals surface area contributed by atoms with E-state index in [9.17, 15) is 0 Å². The van der Waals surface area contributed by atoms with Gasteiger partial charge in [-0.1, -0.05) is 0 Å². The summed E-state index contributed by atoms with van der Waals surface area (Å²) < 4.78 is 0. The van der Waals surface area contributed by atoms with E-state index in [-0.39, 0.29) is 305 Å². The van der Waals surface area contributed by atoms with Crippen LogP contribution in [0.2, 0.25) is 0 Å². The Morgan fingerprint density at radius 3 is 0.250 bits per heavy atom. The second kappa shape index (κ2) is 43.5. The van der Waals surface area contributed by atoms with Gasteiger partial charge >= 0.3 is 0 Å². The SMILES string of the molecule is [In].[In].[In].[Sr].[Sr].[Sr].[Sr].[Sr]. The van der Waals surface area contributed by atoms with Gasteiger partial charge in [-0.3, -0.25) is 0 Å². The Morgan fingerprint density at radius 1 is 0.250 bits per heavy atom. The summed E-state index contributed by atoms with van der Waals surface area (Å²) >= 11 is 0. The third-order valence-corrected chi connectivity index (χ3v) is 0. The molecule has 8 heteroatoms. The van der Waals surface area contributed by atoms with Gasteiger partial charge in [0.1, 0.15) is 0 Å². The van der Waals surface area contributed by atoms with Gasteiger partial charge in [-0.2, -0.15) is 0 Å². The average molecular weight is 783 g/mol. The van der Waals surface area contributed by atoms with Crippen molar-refractivity contribution in [3.63, 3.8) is 0 Å². The molecule has 0 aliphatic heterocycles. The molecule has 0 nitrogen and oxygen atoms in total. The van der Waals surface area contributed by atoms with Crippen LogP contribution in [0.1, 0.15) is 0 Å². The summed E-state index contributed by atoms with van der Waals surface area (Å²) in [6.45, 7) is 0. The van der Waals surface area contributed by atoms with Crippen molar-refractivity contribution in [2.45, 2.75) is 0 Å². The van der Waals surface area contributed by atoms with Gasteiger partial charge in [0.05, 0.1) is 0 Å². The Hall–Kier alpha value is 10.0. The second-order valence-electron chi connectivity index (χ2n) is 0. The van der Waals surface area contributed by atoms with Crippen LogP contribution in [0, 0.1) is 0 Å². The van der Waals surface area contributed by atoms with Crippen LogP contribution in [-0.4, -0.2) is 305 Å². The van der Waals surface area contributed by atoms with Crippen LogP contribution >= 0.6 is 0 Å². The van der Waals surface area contributed by atoms with E-state index in [0.29, 0.717) is 0 Å². The van der Waals surface area contributed by atoms with Crippen molar-refractivity contribution in [2.75, 3.05) is 0 Å². The molecule has 19 valence electrons. The summed E-state index contributed by atoms with van der Waals surface area (Å²) in [7, 11) is 0. The molecule has 0 rings (SSSR count). The molecule has 8 heavy (non-hydrogen) atoms. The maximum absolute atomic E-state index is 0. The molecule has 0 saturated heterocycles. The van der Waals surface area contributed by atoms with Crippen molar-refractivity contribution in [2.24, 2.45) is 0 Å². The van der Waals surface area contributed by atoms with E-state index in [2.05, 4.69) is 0 Å². The molecule has 0 amide bonds. The predicted octanol–water partition coefficient (Wildman–Crippen LogP) is -3.05. The van der Waals surface area contributed by atoms with E-state index in [0.717, 1.165) is 0 Å². The number of hydrogen-bond acceptors (Lipinski definition) is 0. The minimum absolute atomic E-state index is 0. The first kappa shape index (κ1) is 52.0. The van der Waals surface area contributed by atoms with Gasteiger partial charge in [-0.15, -0.1) is 0 Å². The topological polar surface area (TPSA) is 0 Å². The molecule has 0 fully saturated rings. The Kier molecular flexibility index (Phi) is 283. The molecule has 0 spiro atoms. The van der Waals surface area contributed by atoms with Crippen molar-refractivity contribution in [1.29, 1.82) is 0 Å². The molecule has 0 aromatic carbocycles. The quantitative estimate of drug-likeness (QED) is 0.230. The molecule has 0 N–H and O–H groups in total. The van der Waals surface area contributed by atoms with Crippen molar-refractivity contribution in [3.05, 3.63) is 0 Å². The van der Waals surface area contributed by atoms with E-state index < -0.39 is 0 Å². The van der Waals surface area contributed by atoms with Crippen LogP contribution in [-0.2, 0) is 0 Å². The van der Waals surface area contributed by atoms with Crippen LogP contribution in [0.4, 0.5) is 0 Å². The van der Waals surface area contributed by atoms with Gasteiger partial charge < -0.3 is 0 Å². The summed E-state index contributed by atoms with van der Waals surface area (Å²) in [5.74, 6) is 0. The normalized spacial score (nSPS) is 0. The van der Waals surface area contributed by atoms with E-state index in [1.165, 1.54) is 0 Å². The summed E-state index contributed by atoms with van der Waals surface area (Å²) in [6.07, 6.45) is 0. The first-order valence-electron chi connectivity index (χ1n) is 0. The monoisotopic (exact) mass is 784 g/mol. The molecule has 0 aliphatic carbocycles. The summed E-state index contributed by atoms with van der Waals surface area (Å²) in [5, 5.41) is 0. The summed E-state index contributed by atoms with van der Waals surface area (Å²) in [5.41, 5.74) is 0. The first-order valence-corrected chi connectivity index (χ1v) is 0. The molecule has 0 saturated carbocycles. The van der Waals surface area contributed by atoms with E-state index in [1.54, 1.807) is 0 Å². The standard InChI is InChI=1S/3In.5Sr. The average Bonchev–Trinajstić information content (AvgIpc) is 0. The minimum atomic E-state index is 0. The first-order chi connectivity index (χ1) is 0. The molecule has 19 radical (unpaired) electrons. The van der Waals surface area contributed by atoms with Crippen LogP contribution in [0.25, 0.3) is 0 Å². The molecule has 0 aromatic rings. The number of rotatable bonds is 0. The van der Waals surface area contributed by atoms with Crippen LogP contribution in [0.3, 0.4) is 0 Å². The zero-order valence-corrected chi connectivity index (χ0v) is 32.5. The molecule has 0 heterocycles. The Labute approximate surface area is 293 Å². The fourth-order valence-corrected chi connectivity index (χ4v) is 0. The van der Waals surface area contributed by atoms with E-state index >= 15 is 0 Å². The van der Waals surface area contributed by atoms with Crippen molar-refractivity contribution < 1.29 is 0 Å². The fraction of sp³-hybridized carbons (Fsp3) is 0. The fourth-order valence-electron chi connectivity index (χ4n) is 0. The van der Waals surface area contributed by atoms with Gasteiger partial charge in [0.15, 0.2) is 0 Å². The van der Waals surface area contributed by atoms with E-state index in [1.807, 2.05) is 0 Å². The smallest absolute Gasteiger partial charge is 0 e. The third-order valence-electron chi connectivity index (χ3n) is 0. The van der Waals surface area contributed by atoms with Gasteiger partial charge in [0.2, 0.25) is 0 Å². The largest absolute Gasteiger partial charge is 0 e. The second-order valence-corrected chi connectivity index (χ2v) is 0. The zero-order chi connectivity index (χ0) is 0. The molecular weight excluding hydrogens is 783 g/mol. The molecule has 0 atom stereocenters. The molecule has 0 aliphatic rings. The predicted molar refractivity (Wildman–Crippen MR) is 46.0 cm³/mol. The van der Waals surface area contributed by atoms with E-state index in [4.69, 9.17) is 0 Å². The summed E-state index contributed by atoms with van der Waals surface area (Å²) in [6, 6.07) is 0. The van der Waals surface area contributed by atoms with Gasteiger partial charge in [-0.25, -0.2) is 0 Å². The van der Waals surface area contributed by atoms with Crippen LogP contribution in [0.15, 0.2) is 0 Å². The van der Waals surface area contributed by atoms with Gasteiger partial charge in [0.25, 0.3) is 0 Å². The van der Waals surface area contributed by atoms with Gasteiger partial charge in [0, 0.05) is 305 Å². The molecule has 0 unspecified atom stereocenters. The number of hydrogen-bond donors (Lipinski definition) is 0. The third kappa shape index (κ3) is 36.0. The maximum atomic E-state index is 0. The van der Waals surface area contributed by atoms with Crippen LogP contribution in [0.5, 0.6) is 0 Å². The minimum Gasteiger partial charge on any atom is 0 e. The Morgan fingerprint density at radius 2 is 0.250 bits per heavy atom. The summed E-state index contributed by atoms with van der Waals surface area (Å²) in [4.78, 5) is 0. The van der Waals surface area contributed by atoms with Crippen molar-refractivity contribution in [3.8, 4) is 0 Å². The molecule has 0 aromatic heterocycles. The van der Waals surface area contributed by atoms with Gasteiger partial charge in [-0.05, 0) is 0 Å². The van der Waals surface area contributed by atoms with Crippen molar-refractivity contribution >= 4 is 305 Å². The molecular formula is In3Sr5. The maximum Gasteiger partial charge on any atom is 0 e. The Bertz CT molecular complexity index is 7.64. The molecule has 0 bridgehead atoms. The Balaban J connectivity index is 0. The van der Waals surface area contributed by atoms with Crippen LogP contribution < -0.4 is 0 Å². The van der Waals surface area contributed by atoms with Crippen molar-refractivity contribution in [1.82, 2.24) is 0 Å². The zero-order valence-electron chi connectivity index (χ0n) is 5.27.